The highest BCUT2D eigenvalue weighted by atomic mass is 19.1. The number of hydrogen-bond acceptors (Lipinski definition) is 2. The predicted molar refractivity (Wildman–Crippen MR) is 75.8 cm³/mol. The Hall–Kier alpha value is -1.87. The molecule has 0 fully saturated rings. The summed E-state index contributed by atoms with van der Waals surface area (Å²) in [5.74, 6) is -0.248. The van der Waals surface area contributed by atoms with Gasteiger partial charge in [-0.05, 0) is 43.2 Å². The zero-order chi connectivity index (χ0) is 13.8. The van der Waals surface area contributed by atoms with Crippen molar-refractivity contribution in [3.63, 3.8) is 0 Å². The van der Waals surface area contributed by atoms with Crippen molar-refractivity contribution in [1.29, 1.82) is 0 Å². The number of hydrogen-bond donors (Lipinski definition) is 2. The van der Waals surface area contributed by atoms with Gasteiger partial charge in [0.2, 0.25) is 0 Å². The third-order valence-electron chi connectivity index (χ3n) is 3.12. The van der Waals surface area contributed by atoms with Crippen molar-refractivity contribution in [2.75, 3.05) is 11.9 Å². The summed E-state index contributed by atoms with van der Waals surface area (Å²) in [6.07, 6.45) is -0.652. The molecule has 3 heteroatoms. The SMILES string of the molecule is Cc1ccc(NCC(O)c2ccc(F)c(C)c2)cc1. The maximum Gasteiger partial charge on any atom is 0.126 e. The Kier molecular flexibility index (Phi) is 4.17. The molecule has 0 saturated carbocycles. The van der Waals surface area contributed by atoms with E-state index in [4.69, 9.17) is 0 Å². The molecule has 1 unspecified atom stereocenters. The number of aliphatic hydroxyl groups excluding tert-OH is 1. The number of benzene rings is 2. The molecule has 2 aromatic carbocycles. The maximum atomic E-state index is 13.2. The van der Waals surface area contributed by atoms with Crippen molar-refractivity contribution in [2.24, 2.45) is 0 Å². The van der Waals surface area contributed by atoms with Gasteiger partial charge in [0.05, 0.1) is 6.10 Å². The largest absolute Gasteiger partial charge is 0.387 e. The van der Waals surface area contributed by atoms with Gasteiger partial charge in [0, 0.05) is 12.2 Å². The van der Waals surface area contributed by atoms with E-state index in [1.807, 2.05) is 31.2 Å². The predicted octanol–water partition coefficient (Wildman–Crippen LogP) is 3.59. The second-order valence-electron chi connectivity index (χ2n) is 4.77. The van der Waals surface area contributed by atoms with Gasteiger partial charge in [-0.2, -0.15) is 0 Å². The van der Waals surface area contributed by atoms with Crippen LogP contribution in [-0.2, 0) is 0 Å². The van der Waals surface area contributed by atoms with Crippen LogP contribution >= 0.6 is 0 Å². The molecule has 2 aromatic rings. The van der Waals surface area contributed by atoms with Crippen LogP contribution in [0, 0.1) is 19.7 Å². The highest BCUT2D eigenvalue weighted by molar-refractivity contribution is 5.44. The van der Waals surface area contributed by atoms with Gasteiger partial charge in [-0.15, -0.1) is 0 Å². The lowest BCUT2D eigenvalue weighted by Gasteiger charge is -2.14. The fourth-order valence-electron chi connectivity index (χ4n) is 1.88. The van der Waals surface area contributed by atoms with Gasteiger partial charge in [-0.3, -0.25) is 0 Å². The second kappa shape index (κ2) is 5.85. The molecular formula is C16H18FNO. The Bertz CT molecular complexity index is 551. The van der Waals surface area contributed by atoms with Crippen LogP contribution in [0.1, 0.15) is 22.8 Å². The molecule has 0 radical (unpaired) electrons. The summed E-state index contributed by atoms with van der Waals surface area (Å²) in [5.41, 5.74) is 3.43. The molecule has 2 nitrogen and oxygen atoms in total. The Balaban J connectivity index is 1.98. The molecule has 0 aliphatic heterocycles. The summed E-state index contributed by atoms with van der Waals surface area (Å²) < 4.78 is 13.2. The highest BCUT2D eigenvalue weighted by Gasteiger charge is 2.09. The standard InChI is InChI=1S/C16H18FNO/c1-11-3-6-14(7-4-11)18-10-16(19)13-5-8-15(17)12(2)9-13/h3-9,16,18-19H,10H2,1-2H3. The smallest absolute Gasteiger partial charge is 0.126 e. The van der Waals surface area contributed by atoms with Crippen molar-refractivity contribution in [3.8, 4) is 0 Å². The molecule has 0 aliphatic carbocycles. The molecule has 1 atom stereocenters. The summed E-state index contributed by atoms with van der Waals surface area (Å²) in [7, 11) is 0. The van der Waals surface area contributed by atoms with Crippen LogP contribution in [0.3, 0.4) is 0 Å². The minimum absolute atomic E-state index is 0.248. The number of halogens is 1. The molecule has 0 bridgehead atoms. The molecule has 0 aliphatic rings. The number of anilines is 1. The molecule has 0 spiro atoms. The van der Waals surface area contributed by atoms with Gasteiger partial charge < -0.3 is 10.4 Å². The number of aliphatic hydroxyl groups is 1. The molecule has 100 valence electrons. The molecule has 0 amide bonds. The number of rotatable bonds is 4. The fraction of sp³-hybridized carbons (Fsp3) is 0.250. The lowest BCUT2D eigenvalue weighted by atomic mass is 10.1. The minimum atomic E-state index is -0.652. The Morgan fingerprint density at radius 1 is 1.11 bits per heavy atom. The minimum Gasteiger partial charge on any atom is -0.387 e. The maximum absolute atomic E-state index is 13.2. The van der Waals surface area contributed by atoms with E-state index in [1.165, 1.54) is 11.6 Å². The van der Waals surface area contributed by atoms with Crippen LogP contribution < -0.4 is 5.32 Å². The van der Waals surface area contributed by atoms with Crippen LogP contribution in [0.2, 0.25) is 0 Å². The van der Waals surface area contributed by atoms with Crippen LogP contribution in [0.15, 0.2) is 42.5 Å². The average molecular weight is 259 g/mol. The van der Waals surface area contributed by atoms with Gasteiger partial charge >= 0.3 is 0 Å². The monoisotopic (exact) mass is 259 g/mol. The third kappa shape index (κ3) is 3.55. The highest BCUT2D eigenvalue weighted by Crippen LogP contribution is 2.18. The normalized spacial score (nSPS) is 12.2. The topological polar surface area (TPSA) is 32.3 Å². The molecule has 0 saturated heterocycles. The third-order valence-corrected chi connectivity index (χ3v) is 3.12. The summed E-state index contributed by atoms with van der Waals surface area (Å²) >= 11 is 0. The first-order valence-electron chi connectivity index (χ1n) is 6.31. The van der Waals surface area contributed by atoms with Gasteiger partial charge in [0.15, 0.2) is 0 Å². The quantitative estimate of drug-likeness (QED) is 0.879. The van der Waals surface area contributed by atoms with E-state index >= 15 is 0 Å². The summed E-state index contributed by atoms with van der Waals surface area (Å²) in [6, 6.07) is 12.6. The Morgan fingerprint density at radius 2 is 1.79 bits per heavy atom. The van der Waals surface area contributed by atoms with Crippen molar-refractivity contribution in [2.45, 2.75) is 20.0 Å². The zero-order valence-corrected chi connectivity index (χ0v) is 11.2. The van der Waals surface area contributed by atoms with Crippen molar-refractivity contribution < 1.29 is 9.50 Å². The zero-order valence-electron chi connectivity index (χ0n) is 11.2. The van der Waals surface area contributed by atoms with E-state index in [2.05, 4.69) is 5.32 Å². The van der Waals surface area contributed by atoms with E-state index in [0.717, 1.165) is 11.3 Å². The van der Waals surface area contributed by atoms with Crippen LogP contribution in [0.4, 0.5) is 10.1 Å². The number of nitrogens with one attached hydrogen (secondary N) is 1. The van der Waals surface area contributed by atoms with Gasteiger partial charge in [0.25, 0.3) is 0 Å². The molecule has 2 N–H and O–H groups in total. The van der Waals surface area contributed by atoms with Crippen molar-refractivity contribution >= 4 is 5.69 Å². The van der Waals surface area contributed by atoms with E-state index in [1.54, 1.807) is 19.1 Å². The summed E-state index contributed by atoms with van der Waals surface area (Å²) in [5, 5.41) is 13.2. The molecule has 0 heterocycles. The van der Waals surface area contributed by atoms with Gasteiger partial charge in [-0.1, -0.05) is 29.8 Å². The lowest BCUT2D eigenvalue weighted by molar-refractivity contribution is 0.191. The first-order valence-corrected chi connectivity index (χ1v) is 6.31. The molecule has 19 heavy (non-hydrogen) atoms. The van der Waals surface area contributed by atoms with Crippen molar-refractivity contribution in [1.82, 2.24) is 0 Å². The van der Waals surface area contributed by atoms with Crippen LogP contribution in [-0.4, -0.2) is 11.7 Å². The lowest BCUT2D eigenvalue weighted by Crippen LogP contribution is -2.12. The number of aryl methyl sites for hydroxylation is 2. The summed E-state index contributed by atoms with van der Waals surface area (Å²) in [4.78, 5) is 0. The fourth-order valence-corrected chi connectivity index (χ4v) is 1.88. The Morgan fingerprint density at radius 3 is 2.42 bits per heavy atom. The first-order chi connectivity index (χ1) is 9.06. The van der Waals surface area contributed by atoms with E-state index < -0.39 is 6.10 Å². The van der Waals surface area contributed by atoms with E-state index in [-0.39, 0.29) is 5.82 Å². The van der Waals surface area contributed by atoms with Gasteiger partial charge in [-0.25, -0.2) is 4.39 Å². The summed E-state index contributed by atoms with van der Waals surface area (Å²) in [6.45, 7) is 4.12. The van der Waals surface area contributed by atoms with Gasteiger partial charge in [0.1, 0.15) is 5.82 Å². The first kappa shape index (κ1) is 13.6. The Labute approximate surface area is 112 Å². The van der Waals surface area contributed by atoms with E-state index in [9.17, 15) is 9.50 Å². The van der Waals surface area contributed by atoms with Crippen LogP contribution in [0.5, 0.6) is 0 Å². The molecule has 2 rings (SSSR count). The molecule has 0 aromatic heterocycles. The second-order valence-corrected chi connectivity index (χ2v) is 4.77. The van der Waals surface area contributed by atoms with Crippen molar-refractivity contribution in [3.05, 3.63) is 65.0 Å². The average Bonchev–Trinajstić information content (AvgIpc) is 2.41. The van der Waals surface area contributed by atoms with Crippen LogP contribution in [0.25, 0.3) is 0 Å². The van der Waals surface area contributed by atoms with E-state index in [0.29, 0.717) is 12.1 Å². The molecular weight excluding hydrogens is 241 g/mol.